The number of ether oxygens (including phenoxy) is 1. The van der Waals surface area contributed by atoms with Crippen molar-refractivity contribution in [2.45, 2.75) is 20.8 Å². The van der Waals surface area contributed by atoms with Gasteiger partial charge in [-0.15, -0.1) is 0 Å². The molecule has 0 saturated carbocycles. The third-order valence-corrected chi connectivity index (χ3v) is 2.18. The molecule has 0 fully saturated rings. The molecule has 3 heteroatoms. The molecule has 0 spiro atoms. The highest BCUT2D eigenvalue weighted by Gasteiger charge is 2.08. The van der Waals surface area contributed by atoms with E-state index < -0.39 is 0 Å². The molecule has 1 rings (SSSR count). The Kier molecular flexibility index (Phi) is 3.12. The SMILES string of the molecule is C/C=C(\C)c1cc(OC)c(C)c(=O)o1. The van der Waals surface area contributed by atoms with Gasteiger partial charge < -0.3 is 9.15 Å². The largest absolute Gasteiger partial charge is 0.496 e. The molecule has 0 aromatic carbocycles. The highest BCUT2D eigenvalue weighted by Crippen LogP contribution is 2.20. The molecule has 76 valence electrons. The zero-order valence-electron chi connectivity index (χ0n) is 8.88. The Morgan fingerprint density at radius 3 is 2.71 bits per heavy atom. The van der Waals surface area contributed by atoms with Gasteiger partial charge in [-0.05, 0) is 26.3 Å². The highest BCUT2D eigenvalue weighted by molar-refractivity contribution is 5.60. The second-order valence-corrected chi connectivity index (χ2v) is 3.06. The summed E-state index contributed by atoms with van der Waals surface area (Å²) in [6.45, 7) is 5.45. The summed E-state index contributed by atoms with van der Waals surface area (Å²) in [6.07, 6.45) is 1.88. The van der Waals surface area contributed by atoms with Crippen LogP contribution >= 0.6 is 0 Å². The quantitative estimate of drug-likeness (QED) is 0.725. The average molecular weight is 194 g/mol. The number of hydrogen-bond acceptors (Lipinski definition) is 3. The van der Waals surface area contributed by atoms with E-state index in [0.29, 0.717) is 17.1 Å². The summed E-state index contributed by atoms with van der Waals surface area (Å²) in [6, 6.07) is 1.73. The van der Waals surface area contributed by atoms with Gasteiger partial charge in [0, 0.05) is 6.07 Å². The van der Waals surface area contributed by atoms with E-state index in [9.17, 15) is 4.79 Å². The maximum Gasteiger partial charge on any atom is 0.342 e. The van der Waals surface area contributed by atoms with Crippen LogP contribution in [0.4, 0.5) is 0 Å². The molecule has 0 amide bonds. The number of hydrogen-bond donors (Lipinski definition) is 0. The molecule has 0 aliphatic rings. The minimum Gasteiger partial charge on any atom is -0.496 e. The molecule has 0 saturated heterocycles. The summed E-state index contributed by atoms with van der Waals surface area (Å²) in [5.74, 6) is 1.12. The van der Waals surface area contributed by atoms with Gasteiger partial charge in [-0.2, -0.15) is 0 Å². The fourth-order valence-electron chi connectivity index (χ4n) is 1.08. The van der Waals surface area contributed by atoms with Gasteiger partial charge in [0.15, 0.2) is 0 Å². The molecule has 1 heterocycles. The van der Waals surface area contributed by atoms with Gasteiger partial charge in [-0.3, -0.25) is 0 Å². The van der Waals surface area contributed by atoms with Crippen LogP contribution in [0.1, 0.15) is 25.2 Å². The van der Waals surface area contributed by atoms with Gasteiger partial charge >= 0.3 is 5.63 Å². The van der Waals surface area contributed by atoms with E-state index in [2.05, 4.69) is 0 Å². The summed E-state index contributed by atoms with van der Waals surface area (Å²) in [4.78, 5) is 11.4. The van der Waals surface area contributed by atoms with Crippen LogP contribution in [0, 0.1) is 6.92 Å². The lowest BCUT2D eigenvalue weighted by Crippen LogP contribution is -2.06. The van der Waals surface area contributed by atoms with Crippen molar-refractivity contribution in [1.29, 1.82) is 0 Å². The van der Waals surface area contributed by atoms with E-state index in [1.165, 1.54) is 7.11 Å². The molecule has 3 nitrogen and oxygen atoms in total. The van der Waals surface area contributed by atoms with E-state index in [1.807, 2.05) is 19.9 Å². The van der Waals surface area contributed by atoms with Crippen LogP contribution in [0.25, 0.3) is 5.57 Å². The van der Waals surface area contributed by atoms with Gasteiger partial charge in [-0.1, -0.05) is 6.08 Å². The standard InChI is InChI=1S/C11H14O3/c1-5-7(2)9-6-10(13-4)8(3)11(12)14-9/h5-6H,1-4H3/b7-5+. The minimum atomic E-state index is -0.347. The minimum absolute atomic E-state index is 0.347. The topological polar surface area (TPSA) is 39.4 Å². The zero-order chi connectivity index (χ0) is 10.7. The Morgan fingerprint density at radius 2 is 2.21 bits per heavy atom. The molecule has 0 radical (unpaired) electrons. The molecule has 0 atom stereocenters. The summed E-state index contributed by atoms with van der Waals surface area (Å²) in [5, 5.41) is 0. The van der Waals surface area contributed by atoms with Crippen LogP contribution in [0.5, 0.6) is 5.75 Å². The van der Waals surface area contributed by atoms with E-state index in [1.54, 1.807) is 13.0 Å². The van der Waals surface area contributed by atoms with Gasteiger partial charge in [0.05, 0.1) is 12.7 Å². The Hall–Kier alpha value is -1.51. The van der Waals surface area contributed by atoms with Crippen molar-refractivity contribution in [2.75, 3.05) is 7.11 Å². The lowest BCUT2D eigenvalue weighted by Gasteiger charge is -2.05. The van der Waals surface area contributed by atoms with Crippen molar-refractivity contribution in [3.8, 4) is 5.75 Å². The Morgan fingerprint density at radius 1 is 1.57 bits per heavy atom. The number of rotatable bonds is 2. The van der Waals surface area contributed by atoms with Crippen molar-refractivity contribution < 1.29 is 9.15 Å². The third-order valence-electron chi connectivity index (χ3n) is 2.18. The number of methoxy groups -OCH3 is 1. The van der Waals surface area contributed by atoms with Crippen molar-refractivity contribution in [3.63, 3.8) is 0 Å². The molecule has 0 N–H and O–H groups in total. The summed E-state index contributed by atoms with van der Waals surface area (Å²) >= 11 is 0. The maximum absolute atomic E-state index is 11.4. The molecule has 0 aliphatic carbocycles. The van der Waals surface area contributed by atoms with Crippen molar-refractivity contribution in [3.05, 3.63) is 33.9 Å². The first-order chi connectivity index (χ1) is 6.60. The summed E-state index contributed by atoms with van der Waals surface area (Å²) in [7, 11) is 1.54. The van der Waals surface area contributed by atoms with Crippen LogP contribution in [-0.2, 0) is 0 Å². The Labute approximate surface area is 83.0 Å². The summed E-state index contributed by atoms with van der Waals surface area (Å²) in [5.41, 5.74) is 1.07. The van der Waals surface area contributed by atoms with Crippen LogP contribution in [0.3, 0.4) is 0 Å². The van der Waals surface area contributed by atoms with Crippen LogP contribution in [-0.4, -0.2) is 7.11 Å². The molecule has 1 aromatic rings. The van der Waals surface area contributed by atoms with Gasteiger partial charge in [0.2, 0.25) is 0 Å². The molecule has 1 aromatic heterocycles. The maximum atomic E-state index is 11.4. The first-order valence-corrected chi connectivity index (χ1v) is 4.42. The molecule has 14 heavy (non-hydrogen) atoms. The van der Waals surface area contributed by atoms with Crippen LogP contribution < -0.4 is 10.4 Å². The molecular formula is C11H14O3. The molecule has 0 unspecified atom stereocenters. The first-order valence-electron chi connectivity index (χ1n) is 4.42. The normalized spacial score (nSPS) is 11.6. The second kappa shape index (κ2) is 4.13. The number of allylic oxidation sites excluding steroid dienone is 2. The van der Waals surface area contributed by atoms with Gasteiger partial charge in [-0.25, -0.2) is 4.79 Å². The fourth-order valence-corrected chi connectivity index (χ4v) is 1.08. The Balaban J connectivity index is 3.38. The first kappa shape index (κ1) is 10.6. The second-order valence-electron chi connectivity index (χ2n) is 3.06. The lowest BCUT2D eigenvalue weighted by atomic mass is 10.2. The lowest BCUT2D eigenvalue weighted by molar-refractivity contribution is 0.395. The van der Waals surface area contributed by atoms with E-state index >= 15 is 0 Å². The average Bonchev–Trinajstić information content (AvgIpc) is 2.20. The fraction of sp³-hybridized carbons (Fsp3) is 0.364. The molecule has 0 aliphatic heterocycles. The summed E-state index contributed by atoms with van der Waals surface area (Å²) < 4.78 is 10.2. The predicted octanol–water partition coefficient (Wildman–Crippen LogP) is 2.38. The van der Waals surface area contributed by atoms with Gasteiger partial charge in [0.25, 0.3) is 0 Å². The monoisotopic (exact) mass is 194 g/mol. The third kappa shape index (κ3) is 1.87. The Bertz CT molecular complexity index is 413. The zero-order valence-corrected chi connectivity index (χ0v) is 8.88. The highest BCUT2D eigenvalue weighted by atomic mass is 16.5. The van der Waals surface area contributed by atoms with Crippen molar-refractivity contribution >= 4 is 5.57 Å². The molecule has 0 bridgehead atoms. The van der Waals surface area contributed by atoms with Crippen molar-refractivity contribution in [2.24, 2.45) is 0 Å². The van der Waals surface area contributed by atoms with E-state index in [0.717, 1.165) is 5.57 Å². The van der Waals surface area contributed by atoms with Crippen LogP contribution in [0.2, 0.25) is 0 Å². The smallest absolute Gasteiger partial charge is 0.342 e. The van der Waals surface area contributed by atoms with E-state index in [-0.39, 0.29) is 5.63 Å². The van der Waals surface area contributed by atoms with Crippen molar-refractivity contribution in [1.82, 2.24) is 0 Å². The van der Waals surface area contributed by atoms with E-state index in [4.69, 9.17) is 9.15 Å². The van der Waals surface area contributed by atoms with Gasteiger partial charge in [0.1, 0.15) is 11.5 Å². The van der Waals surface area contributed by atoms with Crippen LogP contribution in [0.15, 0.2) is 21.4 Å². The predicted molar refractivity (Wildman–Crippen MR) is 55.6 cm³/mol. The molecular weight excluding hydrogens is 180 g/mol.